The first kappa shape index (κ1) is 13.4. The van der Waals surface area contributed by atoms with E-state index >= 15 is 0 Å². The monoisotopic (exact) mass is 276 g/mol. The third-order valence-corrected chi connectivity index (χ3v) is 4.22. The summed E-state index contributed by atoms with van der Waals surface area (Å²) in [6.07, 6.45) is 3.40. The van der Waals surface area contributed by atoms with Crippen molar-refractivity contribution >= 4 is 5.69 Å². The molecule has 0 spiro atoms. The fraction of sp³-hybridized carbons (Fsp3) is 0.600. The maximum atomic E-state index is 10.9. The zero-order valence-electron chi connectivity index (χ0n) is 12.0. The molecule has 0 saturated carbocycles. The Kier molecular flexibility index (Phi) is 3.17. The van der Waals surface area contributed by atoms with Gasteiger partial charge in [-0.2, -0.15) is 0 Å². The second kappa shape index (κ2) is 4.74. The van der Waals surface area contributed by atoms with Crippen LogP contribution in [0.15, 0.2) is 18.2 Å². The molecule has 108 valence electrons. The van der Waals surface area contributed by atoms with E-state index in [0.29, 0.717) is 11.8 Å². The standard InChI is InChI=1S/C15H20N2O3/c1-15(2)10-13(16-7-3-4-8-16)12-6-5-11(17(18)19)9-14(12)20-15/h5-6,9,13H,3-4,7-8,10H2,1-2H3. The van der Waals surface area contributed by atoms with Crippen LogP contribution in [0, 0.1) is 10.1 Å². The molecule has 1 saturated heterocycles. The van der Waals surface area contributed by atoms with Gasteiger partial charge in [0.1, 0.15) is 11.4 Å². The molecule has 0 amide bonds. The van der Waals surface area contributed by atoms with E-state index in [2.05, 4.69) is 18.7 Å². The van der Waals surface area contributed by atoms with Crippen LogP contribution in [-0.4, -0.2) is 28.5 Å². The van der Waals surface area contributed by atoms with Gasteiger partial charge in [-0.1, -0.05) is 0 Å². The van der Waals surface area contributed by atoms with Crippen LogP contribution in [0.5, 0.6) is 5.75 Å². The van der Waals surface area contributed by atoms with E-state index < -0.39 is 0 Å². The van der Waals surface area contributed by atoms with Gasteiger partial charge < -0.3 is 4.74 Å². The Hall–Kier alpha value is -1.62. The molecule has 2 aliphatic rings. The Morgan fingerprint density at radius 1 is 1.35 bits per heavy atom. The SMILES string of the molecule is CC1(C)CC(N2CCCC2)c2ccc([N+](=O)[O-])cc2O1. The molecule has 1 unspecified atom stereocenters. The largest absolute Gasteiger partial charge is 0.487 e. The van der Waals surface area contributed by atoms with Crippen molar-refractivity contribution in [2.75, 3.05) is 13.1 Å². The highest BCUT2D eigenvalue weighted by Crippen LogP contribution is 2.44. The van der Waals surface area contributed by atoms with Gasteiger partial charge in [0.2, 0.25) is 0 Å². The maximum Gasteiger partial charge on any atom is 0.273 e. The van der Waals surface area contributed by atoms with Crippen LogP contribution in [0.1, 0.15) is 44.7 Å². The number of likely N-dealkylation sites (tertiary alicyclic amines) is 1. The third-order valence-electron chi connectivity index (χ3n) is 4.22. The number of ether oxygens (including phenoxy) is 1. The number of nitrogens with zero attached hydrogens (tertiary/aromatic N) is 2. The Bertz CT molecular complexity index is 536. The number of rotatable bonds is 2. The number of nitro groups is 1. The molecule has 1 fully saturated rings. The van der Waals surface area contributed by atoms with E-state index in [0.717, 1.165) is 25.1 Å². The molecule has 0 aromatic heterocycles. The van der Waals surface area contributed by atoms with Crippen molar-refractivity contribution in [3.05, 3.63) is 33.9 Å². The Balaban J connectivity index is 2.00. The fourth-order valence-electron chi connectivity index (χ4n) is 3.29. The first-order valence-electron chi connectivity index (χ1n) is 7.18. The quantitative estimate of drug-likeness (QED) is 0.614. The highest BCUT2D eigenvalue weighted by Gasteiger charge is 2.38. The number of nitro benzene ring substituents is 1. The molecule has 0 aliphatic carbocycles. The van der Waals surface area contributed by atoms with Crippen molar-refractivity contribution in [3.63, 3.8) is 0 Å². The van der Waals surface area contributed by atoms with E-state index in [4.69, 9.17) is 4.74 Å². The number of hydrogen-bond donors (Lipinski definition) is 0. The molecule has 0 N–H and O–H groups in total. The van der Waals surface area contributed by atoms with Gasteiger partial charge in [0.05, 0.1) is 11.0 Å². The number of benzene rings is 1. The minimum absolute atomic E-state index is 0.0987. The summed E-state index contributed by atoms with van der Waals surface area (Å²) in [5.74, 6) is 0.673. The Labute approximate surface area is 118 Å². The van der Waals surface area contributed by atoms with E-state index in [9.17, 15) is 10.1 Å². The van der Waals surface area contributed by atoms with Crippen LogP contribution in [0.4, 0.5) is 5.69 Å². The van der Waals surface area contributed by atoms with Crippen LogP contribution in [0.3, 0.4) is 0 Å². The first-order chi connectivity index (χ1) is 9.46. The van der Waals surface area contributed by atoms with Crippen LogP contribution in [0.25, 0.3) is 0 Å². The predicted molar refractivity (Wildman–Crippen MR) is 76.0 cm³/mol. The lowest BCUT2D eigenvalue weighted by atomic mass is 9.88. The molecule has 20 heavy (non-hydrogen) atoms. The zero-order valence-corrected chi connectivity index (χ0v) is 12.0. The smallest absolute Gasteiger partial charge is 0.273 e. The summed E-state index contributed by atoms with van der Waals surface area (Å²) >= 11 is 0. The highest BCUT2D eigenvalue weighted by atomic mass is 16.6. The molecule has 2 heterocycles. The molecule has 3 rings (SSSR count). The van der Waals surface area contributed by atoms with Crippen molar-refractivity contribution in [2.24, 2.45) is 0 Å². The molecule has 0 bridgehead atoms. The summed E-state index contributed by atoms with van der Waals surface area (Å²) in [6.45, 7) is 6.32. The van der Waals surface area contributed by atoms with Crippen molar-refractivity contribution in [1.82, 2.24) is 4.90 Å². The molecule has 1 aromatic rings. The lowest BCUT2D eigenvalue weighted by Gasteiger charge is -2.41. The molecule has 5 heteroatoms. The molecular weight excluding hydrogens is 256 g/mol. The second-order valence-corrected chi connectivity index (χ2v) is 6.30. The molecule has 2 aliphatic heterocycles. The van der Waals surface area contributed by atoms with Gasteiger partial charge in [-0.05, 0) is 45.8 Å². The fourth-order valence-corrected chi connectivity index (χ4v) is 3.29. The Morgan fingerprint density at radius 2 is 2.05 bits per heavy atom. The number of non-ortho nitro benzene ring substituents is 1. The van der Waals surface area contributed by atoms with Gasteiger partial charge in [0.15, 0.2) is 0 Å². The van der Waals surface area contributed by atoms with Crippen molar-refractivity contribution < 1.29 is 9.66 Å². The van der Waals surface area contributed by atoms with Gasteiger partial charge in [0.25, 0.3) is 5.69 Å². The van der Waals surface area contributed by atoms with Crippen molar-refractivity contribution in [2.45, 2.75) is 44.8 Å². The average Bonchev–Trinajstić information content (AvgIpc) is 2.89. The second-order valence-electron chi connectivity index (χ2n) is 6.30. The van der Waals surface area contributed by atoms with E-state index in [1.54, 1.807) is 12.1 Å². The van der Waals surface area contributed by atoms with Gasteiger partial charge in [-0.15, -0.1) is 0 Å². The molecule has 1 atom stereocenters. The minimum atomic E-state index is -0.365. The van der Waals surface area contributed by atoms with E-state index in [-0.39, 0.29) is 16.2 Å². The maximum absolute atomic E-state index is 10.9. The summed E-state index contributed by atoms with van der Waals surface area (Å²) in [5, 5.41) is 10.9. The first-order valence-corrected chi connectivity index (χ1v) is 7.18. The molecule has 5 nitrogen and oxygen atoms in total. The van der Waals surface area contributed by atoms with Crippen molar-refractivity contribution in [3.8, 4) is 5.75 Å². The average molecular weight is 276 g/mol. The van der Waals surface area contributed by atoms with Gasteiger partial charge in [-0.3, -0.25) is 15.0 Å². The number of hydrogen-bond acceptors (Lipinski definition) is 4. The minimum Gasteiger partial charge on any atom is -0.487 e. The van der Waals surface area contributed by atoms with Crippen LogP contribution in [-0.2, 0) is 0 Å². The third kappa shape index (κ3) is 2.38. The zero-order chi connectivity index (χ0) is 14.3. The van der Waals surface area contributed by atoms with Crippen LogP contribution < -0.4 is 4.74 Å². The van der Waals surface area contributed by atoms with Gasteiger partial charge in [0, 0.05) is 24.1 Å². The van der Waals surface area contributed by atoms with Crippen LogP contribution in [0.2, 0.25) is 0 Å². The summed E-state index contributed by atoms with van der Waals surface area (Å²) in [4.78, 5) is 13.0. The van der Waals surface area contributed by atoms with E-state index in [1.807, 2.05) is 6.07 Å². The van der Waals surface area contributed by atoms with Gasteiger partial charge >= 0.3 is 0 Å². The lowest BCUT2D eigenvalue weighted by molar-refractivity contribution is -0.385. The summed E-state index contributed by atoms with van der Waals surface area (Å²) in [7, 11) is 0. The molecule has 1 aromatic carbocycles. The van der Waals surface area contributed by atoms with Gasteiger partial charge in [-0.25, -0.2) is 0 Å². The lowest BCUT2D eigenvalue weighted by Crippen LogP contribution is -2.40. The molecule has 0 radical (unpaired) electrons. The molecular formula is C15H20N2O3. The number of fused-ring (bicyclic) bond motifs is 1. The normalized spacial score (nSPS) is 25.0. The predicted octanol–water partition coefficient (Wildman–Crippen LogP) is 3.29. The topological polar surface area (TPSA) is 55.6 Å². The van der Waals surface area contributed by atoms with E-state index in [1.165, 1.54) is 12.8 Å². The summed E-state index contributed by atoms with van der Waals surface area (Å²) in [6, 6.07) is 5.34. The Morgan fingerprint density at radius 3 is 2.70 bits per heavy atom. The highest BCUT2D eigenvalue weighted by molar-refractivity contribution is 5.47. The van der Waals surface area contributed by atoms with Crippen LogP contribution >= 0.6 is 0 Å². The van der Waals surface area contributed by atoms with Crippen molar-refractivity contribution in [1.29, 1.82) is 0 Å². The summed E-state index contributed by atoms with van der Waals surface area (Å²) < 4.78 is 5.97. The summed E-state index contributed by atoms with van der Waals surface area (Å²) in [5.41, 5.74) is 0.911.